The molecule has 0 aliphatic heterocycles. The zero-order chi connectivity index (χ0) is 12.3. The average molecular weight is 235 g/mol. The third-order valence-electron chi connectivity index (χ3n) is 3.63. The van der Waals surface area contributed by atoms with Crippen LogP contribution in [0.2, 0.25) is 0 Å². The van der Waals surface area contributed by atoms with E-state index in [1.165, 1.54) is 24.8 Å². The molecule has 17 heavy (non-hydrogen) atoms. The Labute approximate surface area is 103 Å². The van der Waals surface area contributed by atoms with Crippen LogP contribution in [0.5, 0.6) is 0 Å². The van der Waals surface area contributed by atoms with E-state index in [-0.39, 0.29) is 12.3 Å². The van der Waals surface area contributed by atoms with E-state index in [0.717, 1.165) is 11.5 Å². The molecule has 1 fully saturated rings. The number of hydrogen-bond acceptors (Lipinski definition) is 3. The predicted octanol–water partition coefficient (Wildman–Crippen LogP) is 2.57. The molecule has 0 heterocycles. The van der Waals surface area contributed by atoms with Crippen molar-refractivity contribution in [3.05, 3.63) is 35.4 Å². The second-order valence-corrected chi connectivity index (χ2v) is 4.66. The van der Waals surface area contributed by atoms with Crippen LogP contribution in [0.3, 0.4) is 0 Å². The van der Waals surface area contributed by atoms with E-state index >= 15 is 0 Å². The third-order valence-corrected chi connectivity index (χ3v) is 3.63. The molecule has 3 heteroatoms. The summed E-state index contributed by atoms with van der Waals surface area (Å²) in [5.41, 5.74) is 8.62. The maximum atomic E-state index is 6.14. The zero-order valence-corrected chi connectivity index (χ0v) is 10.6. The van der Waals surface area contributed by atoms with Gasteiger partial charge in [0.1, 0.15) is 0 Å². The highest BCUT2D eigenvalue weighted by Crippen LogP contribution is 2.37. The Morgan fingerprint density at radius 2 is 1.94 bits per heavy atom. The highest BCUT2D eigenvalue weighted by atomic mass is 16.7. The van der Waals surface area contributed by atoms with Crippen molar-refractivity contribution >= 4 is 0 Å². The second kappa shape index (κ2) is 5.63. The first-order valence-electron chi connectivity index (χ1n) is 6.17. The summed E-state index contributed by atoms with van der Waals surface area (Å²) in [5.74, 6) is 0.727. The number of nitrogens with two attached hydrogens (primary N) is 1. The quantitative estimate of drug-likeness (QED) is 0.798. The van der Waals surface area contributed by atoms with Crippen molar-refractivity contribution in [3.63, 3.8) is 0 Å². The van der Waals surface area contributed by atoms with Gasteiger partial charge in [0, 0.05) is 14.2 Å². The van der Waals surface area contributed by atoms with Crippen LogP contribution >= 0.6 is 0 Å². The van der Waals surface area contributed by atoms with Gasteiger partial charge in [-0.3, -0.25) is 0 Å². The topological polar surface area (TPSA) is 44.5 Å². The highest BCUT2D eigenvalue weighted by Gasteiger charge is 2.22. The molecule has 0 bridgehead atoms. The summed E-state index contributed by atoms with van der Waals surface area (Å²) in [7, 11) is 3.23. The van der Waals surface area contributed by atoms with Crippen molar-refractivity contribution < 1.29 is 9.47 Å². The second-order valence-electron chi connectivity index (χ2n) is 4.66. The number of ether oxygens (including phenoxy) is 2. The van der Waals surface area contributed by atoms with Gasteiger partial charge in [0.05, 0.1) is 6.04 Å². The van der Waals surface area contributed by atoms with Crippen LogP contribution in [0.25, 0.3) is 0 Å². The molecular weight excluding hydrogens is 214 g/mol. The van der Waals surface area contributed by atoms with E-state index in [1.807, 2.05) is 6.07 Å². The fourth-order valence-electron chi connectivity index (χ4n) is 2.31. The Kier molecular flexibility index (Phi) is 4.15. The lowest BCUT2D eigenvalue weighted by Gasteiger charge is -2.27. The number of benzene rings is 1. The molecule has 0 saturated heterocycles. The minimum atomic E-state index is -0.383. The maximum absolute atomic E-state index is 6.14. The number of hydrogen-bond donors (Lipinski definition) is 1. The smallest absolute Gasteiger partial charge is 0.175 e. The van der Waals surface area contributed by atoms with E-state index in [9.17, 15) is 0 Å². The minimum absolute atomic E-state index is 0.231. The monoisotopic (exact) mass is 235 g/mol. The van der Waals surface area contributed by atoms with Gasteiger partial charge < -0.3 is 15.2 Å². The van der Waals surface area contributed by atoms with Crippen LogP contribution in [0, 0.1) is 0 Å². The molecule has 2 rings (SSSR count). The number of methoxy groups -OCH3 is 2. The van der Waals surface area contributed by atoms with Crippen molar-refractivity contribution in [2.45, 2.75) is 37.5 Å². The minimum Gasteiger partial charge on any atom is -0.354 e. The number of rotatable bonds is 5. The first kappa shape index (κ1) is 12.6. The molecule has 2 N–H and O–H groups in total. The SMILES string of the molecule is COC(OC)C(N)c1cccc(C2CCC2)c1. The molecule has 1 aromatic carbocycles. The van der Waals surface area contributed by atoms with E-state index in [1.54, 1.807) is 14.2 Å². The molecule has 0 aromatic heterocycles. The van der Waals surface area contributed by atoms with Crippen molar-refractivity contribution in [2.75, 3.05) is 14.2 Å². The summed E-state index contributed by atoms with van der Waals surface area (Å²) >= 11 is 0. The molecule has 1 aliphatic rings. The van der Waals surface area contributed by atoms with E-state index in [2.05, 4.69) is 18.2 Å². The summed E-state index contributed by atoms with van der Waals surface area (Å²) in [6, 6.07) is 8.27. The molecule has 1 atom stereocenters. The molecule has 0 amide bonds. The van der Waals surface area contributed by atoms with Gasteiger partial charge >= 0.3 is 0 Å². The molecule has 3 nitrogen and oxygen atoms in total. The van der Waals surface area contributed by atoms with Gasteiger partial charge in [-0.15, -0.1) is 0 Å². The molecule has 1 unspecified atom stereocenters. The van der Waals surface area contributed by atoms with E-state index in [0.29, 0.717) is 0 Å². The third kappa shape index (κ3) is 2.68. The Morgan fingerprint density at radius 3 is 2.47 bits per heavy atom. The average Bonchev–Trinajstić information content (AvgIpc) is 2.28. The Morgan fingerprint density at radius 1 is 1.24 bits per heavy atom. The van der Waals surface area contributed by atoms with Gasteiger partial charge in [-0.05, 0) is 29.9 Å². The lowest BCUT2D eigenvalue weighted by molar-refractivity contribution is -0.117. The highest BCUT2D eigenvalue weighted by molar-refractivity contribution is 5.29. The van der Waals surface area contributed by atoms with Crippen molar-refractivity contribution in [3.8, 4) is 0 Å². The van der Waals surface area contributed by atoms with Crippen molar-refractivity contribution in [2.24, 2.45) is 5.73 Å². The lowest BCUT2D eigenvalue weighted by atomic mass is 9.79. The zero-order valence-electron chi connectivity index (χ0n) is 10.6. The lowest BCUT2D eigenvalue weighted by Crippen LogP contribution is -2.29. The largest absolute Gasteiger partial charge is 0.354 e. The molecular formula is C14H21NO2. The molecule has 94 valence electrons. The summed E-state index contributed by atoms with van der Waals surface area (Å²) in [6.07, 6.45) is 3.57. The normalized spacial score (nSPS) is 18.1. The molecule has 1 saturated carbocycles. The molecule has 0 spiro atoms. The Balaban J connectivity index is 2.14. The summed E-state index contributed by atoms with van der Waals surface area (Å²) in [6.45, 7) is 0. The first-order chi connectivity index (χ1) is 8.26. The Hall–Kier alpha value is -0.900. The van der Waals surface area contributed by atoms with Gasteiger partial charge in [0.15, 0.2) is 6.29 Å². The predicted molar refractivity (Wildman–Crippen MR) is 67.8 cm³/mol. The summed E-state index contributed by atoms with van der Waals surface area (Å²) in [4.78, 5) is 0. The fourth-order valence-corrected chi connectivity index (χ4v) is 2.31. The van der Waals surface area contributed by atoms with Crippen LogP contribution in [0.15, 0.2) is 24.3 Å². The fraction of sp³-hybridized carbons (Fsp3) is 0.571. The van der Waals surface area contributed by atoms with Crippen LogP contribution in [0.4, 0.5) is 0 Å². The van der Waals surface area contributed by atoms with Gasteiger partial charge in [0.2, 0.25) is 0 Å². The molecule has 1 aromatic rings. The van der Waals surface area contributed by atoms with Crippen LogP contribution in [-0.2, 0) is 9.47 Å². The van der Waals surface area contributed by atoms with Crippen molar-refractivity contribution in [1.82, 2.24) is 0 Å². The standard InChI is InChI=1S/C14H21NO2/c1-16-14(17-2)13(15)12-8-4-7-11(9-12)10-5-3-6-10/h4,7-10,13-14H,3,5-6,15H2,1-2H3. The Bertz CT molecular complexity index is 359. The summed E-state index contributed by atoms with van der Waals surface area (Å²) in [5, 5.41) is 0. The van der Waals surface area contributed by atoms with Crippen molar-refractivity contribution in [1.29, 1.82) is 0 Å². The van der Waals surface area contributed by atoms with Gasteiger partial charge in [0.25, 0.3) is 0 Å². The molecule has 0 radical (unpaired) electrons. The van der Waals surface area contributed by atoms with Crippen LogP contribution < -0.4 is 5.73 Å². The maximum Gasteiger partial charge on any atom is 0.175 e. The van der Waals surface area contributed by atoms with Crippen LogP contribution in [0.1, 0.15) is 42.3 Å². The van der Waals surface area contributed by atoms with E-state index < -0.39 is 0 Å². The summed E-state index contributed by atoms with van der Waals surface area (Å²) < 4.78 is 10.4. The van der Waals surface area contributed by atoms with Gasteiger partial charge in [-0.2, -0.15) is 0 Å². The van der Waals surface area contributed by atoms with Gasteiger partial charge in [-0.1, -0.05) is 30.7 Å². The van der Waals surface area contributed by atoms with Crippen LogP contribution in [-0.4, -0.2) is 20.5 Å². The van der Waals surface area contributed by atoms with Gasteiger partial charge in [-0.25, -0.2) is 0 Å². The molecule has 1 aliphatic carbocycles. The first-order valence-corrected chi connectivity index (χ1v) is 6.17. The van der Waals surface area contributed by atoms with E-state index in [4.69, 9.17) is 15.2 Å².